The predicted molar refractivity (Wildman–Crippen MR) is 46.2 cm³/mol. The normalized spacial score (nSPS) is 24.8. The average Bonchev–Trinajstić information content (AvgIpc) is 1.81. The number of rotatable bonds is 3. The van der Waals surface area contributed by atoms with Crippen LogP contribution in [0.4, 0.5) is 0 Å². The molecule has 0 radical (unpaired) electrons. The Morgan fingerprint density at radius 1 is 1.45 bits per heavy atom. The molecule has 1 aliphatic rings. The van der Waals surface area contributed by atoms with Gasteiger partial charge in [-0.3, -0.25) is 0 Å². The van der Waals surface area contributed by atoms with E-state index < -0.39 is 5.60 Å². The molecule has 1 atom stereocenters. The van der Waals surface area contributed by atoms with E-state index in [4.69, 9.17) is 5.73 Å². The molecule has 0 aromatic carbocycles. The molecule has 2 nitrogen and oxygen atoms in total. The third-order valence-corrected chi connectivity index (χ3v) is 2.63. The zero-order chi connectivity index (χ0) is 8.48. The lowest BCUT2D eigenvalue weighted by molar-refractivity contribution is -0.0592. The largest absolute Gasteiger partial charge is 0.388 e. The van der Waals surface area contributed by atoms with Gasteiger partial charge in [0.05, 0.1) is 5.60 Å². The van der Waals surface area contributed by atoms with Gasteiger partial charge in [-0.15, -0.1) is 0 Å². The van der Waals surface area contributed by atoms with E-state index >= 15 is 0 Å². The molecule has 0 amide bonds. The first-order valence-electron chi connectivity index (χ1n) is 4.52. The maximum Gasteiger partial charge on any atom is 0.0798 e. The molecular weight excluding hydrogens is 138 g/mol. The molecule has 0 aromatic rings. The Labute approximate surface area is 68.8 Å². The standard InChI is InChI=1S/C9H19NO/c1-7(2)6-8(10)9(11)4-3-5-9/h7-8,11H,3-6,10H2,1-2H3. The van der Waals surface area contributed by atoms with Crippen LogP contribution in [-0.2, 0) is 0 Å². The number of aliphatic hydroxyl groups is 1. The van der Waals surface area contributed by atoms with Gasteiger partial charge in [0.25, 0.3) is 0 Å². The first kappa shape index (κ1) is 9.01. The minimum Gasteiger partial charge on any atom is -0.388 e. The second-order valence-electron chi connectivity index (χ2n) is 4.19. The smallest absolute Gasteiger partial charge is 0.0798 e. The van der Waals surface area contributed by atoms with Gasteiger partial charge in [-0.1, -0.05) is 13.8 Å². The van der Waals surface area contributed by atoms with Crippen LogP contribution in [0.5, 0.6) is 0 Å². The molecule has 1 aliphatic carbocycles. The van der Waals surface area contributed by atoms with Gasteiger partial charge in [0.2, 0.25) is 0 Å². The molecule has 0 aromatic heterocycles. The number of nitrogens with two attached hydrogens (primary N) is 1. The highest BCUT2D eigenvalue weighted by atomic mass is 16.3. The van der Waals surface area contributed by atoms with Gasteiger partial charge in [0.1, 0.15) is 0 Å². The fraction of sp³-hybridized carbons (Fsp3) is 1.00. The lowest BCUT2D eigenvalue weighted by Gasteiger charge is -2.42. The Bertz CT molecular complexity index is 130. The van der Waals surface area contributed by atoms with Gasteiger partial charge in [-0.05, 0) is 31.6 Å². The van der Waals surface area contributed by atoms with Crippen LogP contribution in [0.25, 0.3) is 0 Å². The lowest BCUT2D eigenvalue weighted by Crippen LogP contribution is -2.53. The van der Waals surface area contributed by atoms with E-state index in [0.717, 1.165) is 25.7 Å². The molecule has 0 heterocycles. The summed E-state index contributed by atoms with van der Waals surface area (Å²) in [6.45, 7) is 4.28. The van der Waals surface area contributed by atoms with Gasteiger partial charge in [0, 0.05) is 6.04 Å². The van der Waals surface area contributed by atoms with E-state index in [0.29, 0.717) is 5.92 Å². The van der Waals surface area contributed by atoms with E-state index in [-0.39, 0.29) is 6.04 Å². The molecule has 0 bridgehead atoms. The van der Waals surface area contributed by atoms with Crippen LogP contribution >= 0.6 is 0 Å². The van der Waals surface area contributed by atoms with Crippen LogP contribution in [0.3, 0.4) is 0 Å². The molecule has 2 heteroatoms. The third kappa shape index (κ3) is 1.94. The second kappa shape index (κ2) is 3.11. The van der Waals surface area contributed by atoms with E-state index in [9.17, 15) is 5.11 Å². The van der Waals surface area contributed by atoms with Crippen LogP contribution in [0.15, 0.2) is 0 Å². The highest BCUT2D eigenvalue weighted by molar-refractivity contribution is 4.96. The van der Waals surface area contributed by atoms with Crippen LogP contribution in [-0.4, -0.2) is 16.7 Å². The molecule has 0 aliphatic heterocycles. The van der Waals surface area contributed by atoms with Crippen molar-refractivity contribution in [1.82, 2.24) is 0 Å². The highest BCUT2D eigenvalue weighted by Gasteiger charge is 2.40. The Hall–Kier alpha value is -0.0800. The maximum atomic E-state index is 9.80. The quantitative estimate of drug-likeness (QED) is 0.648. The summed E-state index contributed by atoms with van der Waals surface area (Å²) >= 11 is 0. The molecule has 3 N–H and O–H groups in total. The first-order chi connectivity index (χ1) is 5.04. The fourth-order valence-electron chi connectivity index (χ4n) is 1.64. The SMILES string of the molecule is CC(C)CC(N)C1(O)CCC1. The fourth-order valence-corrected chi connectivity index (χ4v) is 1.64. The summed E-state index contributed by atoms with van der Waals surface area (Å²) in [5, 5.41) is 9.80. The molecule has 1 fully saturated rings. The zero-order valence-corrected chi connectivity index (χ0v) is 7.51. The van der Waals surface area contributed by atoms with Crippen molar-refractivity contribution in [2.24, 2.45) is 11.7 Å². The summed E-state index contributed by atoms with van der Waals surface area (Å²) in [4.78, 5) is 0. The van der Waals surface area contributed by atoms with E-state index in [1.54, 1.807) is 0 Å². The monoisotopic (exact) mass is 157 g/mol. The van der Waals surface area contributed by atoms with Gasteiger partial charge >= 0.3 is 0 Å². The van der Waals surface area contributed by atoms with Crippen LogP contribution in [0.2, 0.25) is 0 Å². The van der Waals surface area contributed by atoms with Crippen LogP contribution < -0.4 is 5.73 Å². The Morgan fingerprint density at radius 3 is 2.27 bits per heavy atom. The maximum absolute atomic E-state index is 9.80. The van der Waals surface area contributed by atoms with Gasteiger partial charge in [-0.25, -0.2) is 0 Å². The van der Waals surface area contributed by atoms with Crippen molar-refractivity contribution in [2.45, 2.75) is 51.2 Å². The van der Waals surface area contributed by atoms with E-state index in [2.05, 4.69) is 13.8 Å². The van der Waals surface area contributed by atoms with Crippen LogP contribution in [0.1, 0.15) is 39.5 Å². The van der Waals surface area contributed by atoms with Gasteiger partial charge in [-0.2, -0.15) is 0 Å². The van der Waals surface area contributed by atoms with Crippen molar-refractivity contribution in [2.75, 3.05) is 0 Å². The minimum atomic E-state index is -0.510. The highest BCUT2D eigenvalue weighted by Crippen LogP contribution is 2.35. The van der Waals surface area contributed by atoms with Crippen molar-refractivity contribution in [3.8, 4) is 0 Å². The average molecular weight is 157 g/mol. The topological polar surface area (TPSA) is 46.2 Å². The molecule has 1 unspecified atom stereocenters. The molecular formula is C9H19NO. The molecule has 1 rings (SSSR count). The summed E-state index contributed by atoms with van der Waals surface area (Å²) in [7, 11) is 0. The Kier molecular flexibility index (Phi) is 2.55. The summed E-state index contributed by atoms with van der Waals surface area (Å²) in [5.41, 5.74) is 5.35. The minimum absolute atomic E-state index is 0.00347. The van der Waals surface area contributed by atoms with Crippen molar-refractivity contribution < 1.29 is 5.11 Å². The summed E-state index contributed by atoms with van der Waals surface area (Å²) in [5.74, 6) is 0.592. The van der Waals surface area contributed by atoms with Crippen molar-refractivity contribution in [3.63, 3.8) is 0 Å². The molecule has 11 heavy (non-hydrogen) atoms. The molecule has 1 saturated carbocycles. The van der Waals surface area contributed by atoms with Crippen molar-refractivity contribution >= 4 is 0 Å². The van der Waals surface area contributed by atoms with E-state index in [1.165, 1.54) is 0 Å². The second-order valence-corrected chi connectivity index (χ2v) is 4.19. The van der Waals surface area contributed by atoms with Crippen LogP contribution in [0, 0.1) is 5.92 Å². The number of hydrogen-bond acceptors (Lipinski definition) is 2. The lowest BCUT2D eigenvalue weighted by atomic mass is 9.73. The van der Waals surface area contributed by atoms with Gasteiger partial charge < -0.3 is 10.8 Å². The number of hydrogen-bond donors (Lipinski definition) is 2. The van der Waals surface area contributed by atoms with Crippen molar-refractivity contribution in [1.29, 1.82) is 0 Å². The molecule has 66 valence electrons. The van der Waals surface area contributed by atoms with Crippen molar-refractivity contribution in [3.05, 3.63) is 0 Å². The van der Waals surface area contributed by atoms with E-state index in [1.807, 2.05) is 0 Å². The summed E-state index contributed by atoms with van der Waals surface area (Å²) in [6.07, 6.45) is 3.89. The zero-order valence-electron chi connectivity index (χ0n) is 7.51. The Balaban J connectivity index is 2.34. The first-order valence-corrected chi connectivity index (χ1v) is 4.52. The Morgan fingerprint density at radius 2 is 2.00 bits per heavy atom. The molecule has 0 saturated heterocycles. The summed E-state index contributed by atoms with van der Waals surface area (Å²) < 4.78 is 0. The summed E-state index contributed by atoms with van der Waals surface area (Å²) in [6, 6.07) is -0.00347. The molecule has 0 spiro atoms. The van der Waals surface area contributed by atoms with Gasteiger partial charge in [0.15, 0.2) is 0 Å². The third-order valence-electron chi connectivity index (χ3n) is 2.63. The predicted octanol–water partition coefficient (Wildman–Crippen LogP) is 1.27.